The minimum atomic E-state index is -0.824. The summed E-state index contributed by atoms with van der Waals surface area (Å²) in [6.07, 6.45) is 3.83. The summed E-state index contributed by atoms with van der Waals surface area (Å²) >= 11 is 1.36. The standard InChI is InChI=1S/C24H32N4O3S/c1-2-27-11-13-28(14-12-27)10-4-9-25-24(31)17-7-8-19-21(15-17)26-20-6-3-5-18(20)23(19)32-16-22(29)30/h7-8,15H,2-6,9-14,16H2,1H3,(H,25,31)(H,29,30). The number of aryl methyl sites for hydroxylation is 1. The largest absolute Gasteiger partial charge is 0.481 e. The molecular formula is C24H32N4O3S. The van der Waals surface area contributed by atoms with E-state index in [2.05, 4.69) is 22.0 Å². The first-order chi connectivity index (χ1) is 15.5. The van der Waals surface area contributed by atoms with E-state index in [4.69, 9.17) is 10.1 Å². The molecule has 0 atom stereocenters. The summed E-state index contributed by atoms with van der Waals surface area (Å²) in [5.41, 5.74) is 3.61. The molecule has 2 aromatic rings. The number of piperazine rings is 1. The van der Waals surface area contributed by atoms with Gasteiger partial charge in [-0.25, -0.2) is 0 Å². The first-order valence-electron chi connectivity index (χ1n) is 11.6. The zero-order chi connectivity index (χ0) is 22.5. The summed E-state index contributed by atoms with van der Waals surface area (Å²) in [6, 6.07) is 5.60. The van der Waals surface area contributed by atoms with Gasteiger partial charge in [-0.05, 0) is 56.5 Å². The van der Waals surface area contributed by atoms with Crippen molar-refractivity contribution in [1.82, 2.24) is 20.1 Å². The van der Waals surface area contributed by atoms with Crippen LogP contribution in [0.4, 0.5) is 0 Å². The summed E-state index contributed by atoms with van der Waals surface area (Å²) < 4.78 is 0. The number of carbonyl (C=O) groups excluding carboxylic acids is 1. The van der Waals surface area contributed by atoms with E-state index in [0.29, 0.717) is 12.1 Å². The van der Waals surface area contributed by atoms with Gasteiger partial charge in [0.1, 0.15) is 0 Å². The Kier molecular flexibility index (Phi) is 7.65. The van der Waals surface area contributed by atoms with E-state index in [-0.39, 0.29) is 11.7 Å². The van der Waals surface area contributed by atoms with Crippen LogP contribution in [0.25, 0.3) is 10.9 Å². The van der Waals surface area contributed by atoms with Crippen LogP contribution < -0.4 is 5.32 Å². The smallest absolute Gasteiger partial charge is 0.313 e. The fourth-order valence-electron chi connectivity index (χ4n) is 4.60. The highest BCUT2D eigenvalue weighted by atomic mass is 32.2. The lowest BCUT2D eigenvalue weighted by Gasteiger charge is -2.33. The van der Waals surface area contributed by atoms with Gasteiger partial charge in [-0.2, -0.15) is 0 Å². The fraction of sp³-hybridized carbons (Fsp3) is 0.542. The van der Waals surface area contributed by atoms with Crippen molar-refractivity contribution in [2.75, 3.05) is 51.6 Å². The molecule has 1 aliphatic heterocycles. The van der Waals surface area contributed by atoms with Crippen LogP contribution in [0.2, 0.25) is 0 Å². The molecule has 1 aromatic heterocycles. The summed E-state index contributed by atoms with van der Waals surface area (Å²) in [7, 11) is 0. The highest BCUT2D eigenvalue weighted by Crippen LogP contribution is 2.36. The first-order valence-corrected chi connectivity index (χ1v) is 12.6. The number of likely N-dealkylation sites (N-methyl/N-ethyl adjacent to an activating group) is 1. The Bertz CT molecular complexity index is 989. The number of nitrogens with one attached hydrogen (secondary N) is 1. The molecule has 8 heteroatoms. The Morgan fingerprint density at radius 1 is 1.16 bits per heavy atom. The molecule has 0 bridgehead atoms. The topological polar surface area (TPSA) is 85.8 Å². The van der Waals surface area contributed by atoms with Crippen LogP contribution in [0.15, 0.2) is 23.1 Å². The molecule has 2 aliphatic rings. The number of carboxylic acid groups (broad SMARTS) is 1. The molecule has 0 radical (unpaired) electrons. The quantitative estimate of drug-likeness (QED) is 0.443. The van der Waals surface area contributed by atoms with Crippen LogP contribution in [0.3, 0.4) is 0 Å². The lowest BCUT2D eigenvalue weighted by Crippen LogP contribution is -2.46. The molecule has 0 saturated carbocycles. The highest BCUT2D eigenvalue weighted by Gasteiger charge is 2.21. The minimum absolute atomic E-state index is 0.0291. The Labute approximate surface area is 193 Å². The normalized spacial score (nSPS) is 16.9. The number of thioether (sulfide) groups is 1. The maximum absolute atomic E-state index is 12.7. The lowest BCUT2D eigenvalue weighted by molar-refractivity contribution is -0.133. The predicted octanol–water partition coefficient (Wildman–Crippen LogP) is 2.66. The van der Waals surface area contributed by atoms with Gasteiger partial charge in [0.05, 0.1) is 11.3 Å². The van der Waals surface area contributed by atoms with Crippen molar-refractivity contribution in [3.8, 4) is 0 Å². The van der Waals surface area contributed by atoms with E-state index in [1.807, 2.05) is 18.2 Å². The van der Waals surface area contributed by atoms with Crippen molar-refractivity contribution in [2.45, 2.75) is 37.5 Å². The number of hydrogen-bond acceptors (Lipinski definition) is 6. The summed E-state index contributed by atoms with van der Waals surface area (Å²) in [5.74, 6) is -0.874. The van der Waals surface area contributed by atoms with Crippen LogP contribution in [0, 0.1) is 0 Å². The third-order valence-electron chi connectivity index (χ3n) is 6.41. The van der Waals surface area contributed by atoms with Crippen LogP contribution in [0.1, 0.15) is 41.4 Å². The second-order valence-corrected chi connectivity index (χ2v) is 9.51. The zero-order valence-corrected chi connectivity index (χ0v) is 19.5. The zero-order valence-electron chi connectivity index (χ0n) is 18.7. The number of pyridine rings is 1. The molecular weight excluding hydrogens is 424 g/mol. The predicted molar refractivity (Wildman–Crippen MR) is 128 cm³/mol. The maximum Gasteiger partial charge on any atom is 0.313 e. The van der Waals surface area contributed by atoms with E-state index < -0.39 is 5.97 Å². The molecule has 7 nitrogen and oxygen atoms in total. The van der Waals surface area contributed by atoms with E-state index >= 15 is 0 Å². The van der Waals surface area contributed by atoms with Gasteiger partial charge in [-0.3, -0.25) is 14.6 Å². The fourth-order valence-corrected chi connectivity index (χ4v) is 5.59. The van der Waals surface area contributed by atoms with E-state index in [1.165, 1.54) is 17.3 Å². The molecule has 32 heavy (non-hydrogen) atoms. The number of carboxylic acids is 1. The molecule has 2 heterocycles. The van der Waals surface area contributed by atoms with Crippen LogP contribution in [-0.4, -0.2) is 83.3 Å². The summed E-state index contributed by atoms with van der Waals surface area (Å²) in [4.78, 5) is 34.6. The van der Waals surface area contributed by atoms with Crippen molar-refractivity contribution in [3.63, 3.8) is 0 Å². The molecule has 1 aromatic carbocycles. The van der Waals surface area contributed by atoms with Gasteiger partial charge in [-0.1, -0.05) is 13.0 Å². The number of nitrogens with zero attached hydrogens (tertiary/aromatic N) is 3. The Balaban J connectivity index is 1.37. The SMILES string of the molecule is CCN1CCN(CCCNC(=O)c2ccc3c(SCC(=O)O)c4c(nc3c2)CCC4)CC1. The molecule has 4 rings (SSSR count). The molecule has 2 N–H and O–H groups in total. The van der Waals surface area contributed by atoms with Crippen molar-refractivity contribution in [2.24, 2.45) is 0 Å². The third kappa shape index (κ3) is 5.42. The van der Waals surface area contributed by atoms with Crippen molar-refractivity contribution >= 4 is 34.5 Å². The highest BCUT2D eigenvalue weighted by molar-refractivity contribution is 8.00. The number of aliphatic carboxylic acids is 1. The van der Waals surface area contributed by atoms with Gasteiger partial charge in [0.25, 0.3) is 5.91 Å². The number of amides is 1. The van der Waals surface area contributed by atoms with Crippen molar-refractivity contribution < 1.29 is 14.7 Å². The monoisotopic (exact) mass is 456 g/mol. The lowest BCUT2D eigenvalue weighted by atomic mass is 10.1. The van der Waals surface area contributed by atoms with Gasteiger partial charge in [0.2, 0.25) is 0 Å². The molecule has 1 fully saturated rings. The summed E-state index contributed by atoms with van der Waals surface area (Å²) in [6.45, 7) is 9.45. The van der Waals surface area contributed by atoms with Crippen molar-refractivity contribution in [1.29, 1.82) is 0 Å². The summed E-state index contributed by atoms with van der Waals surface area (Å²) in [5, 5.41) is 13.1. The van der Waals surface area contributed by atoms with Gasteiger partial charge in [-0.15, -0.1) is 11.8 Å². The van der Waals surface area contributed by atoms with Crippen molar-refractivity contribution in [3.05, 3.63) is 35.0 Å². The molecule has 0 unspecified atom stereocenters. The van der Waals surface area contributed by atoms with Gasteiger partial charge >= 0.3 is 5.97 Å². The molecule has 1 amide bonds. The second-order valence-electron chi connectivity index (χ2n) is 8.52. The number of aromatic nitrogens is 1. The average Bonchev–Trinajstić information content (AvgIpc) is 3.27. The number of rotatable bonds is 9. The minimum Gasteiger partial charge on any atom is -0.481 e. The third-order valence-corrected chi connectivity index (χ3v) is 7.56. The Hall–Kier alpha value is -2.16. The molecule has 1 saturated heterocycles. The van der Waals surface area contributed by atoms with Gasteiger partial charge in [0, 0.05) is 54.3 Å². The van der Waals surface area contributed by atoms with E-state index in [1.54, 1.807) is 0 Å². The van der Waals surface area contributed by atoms with Gasteiger partial charge < -0.3 is 20.2 Å². The molecule has 172 valence electrons. The van der Waals surface area contributed by atoms with E-state index in [0.717, 1.165) is 86.4 Å². The number of fused-ring (bicyclic) bond motifs is 2. The second kappa shape index (κ2) is 10.6. The van der Waals surface area contributed by atoms with Crippen LogP contribution in [-0.2, 0) is 17.6 Å². The number of hydrogen-bond donors (Lipinski definition) is 2. The first kappa shape index (κ1) is 23.0. The van der Waals surface area contributed by atoms with Gasteiger partial charge in [0.15, 0.2) is 0 Å². The van der Waals surface area contributed by atoms with Crippen LogP contribution in [0.5, 0.6) is 0 Å². The maximum atomic E-state index is 12.7. The van der Waals surface area contributed by atoms with Crippen LogP contribution >= 0.6 is 11.8 Å². The number of carbonyl (C=O) groups is 2. The molecule has 0 spiro atoms. The average molecular weight is 457 g/mol. The Morgan fingerprint density at radius 3 is 2.69 bits per heavy atom. The van der Waals surface area contributed by atoms with E-state index in [9.17, 15) is 9.59 Å². The molecule has 1 aliphatic carbocycles. The Morgan fingerprint density at radius 2 is 1.94 bits per heavy atom. The number of benzene rings is 1.